The van der Waals surface area contributed by atoms with E-state index in [2.05, 4.69) is 24.4 Å². The molecule has 11 heavy (non-hydrogen) atoms. The first-order chi connectivity index (χ1) is 5.29. The minimum absolute atomic E-state index is 0.885. The van der Waals surface area contributed by atoms with Crippen LogP contribution >= 0.6 is 11.3 Å². The molecule has 2 heteroatoms. The summed E-state index contributed by atoms with van der Waals surface area (Å²) in [5, 5.41) is 3.38. The van der Waals surface area contributed by atoms with E-state index in [1.165, 1.54) is 15.6 Å². The van der Waals surface area contributed by atoms with E-state index in [0.29, 0.717) is 0 Å². The van der Waals surface area contributed by atoms with Crippen LogP contribution in [0, 0.1) is 6.92 Å². The number of rotatable bonds is 0. The van der Waals surface area contributed by atoms with E-state index in [1.54, 1.807) is 11.3 Å². The molecule has 0 atom stereocenters. The van der Waals surface area contributed by atoms with Crippen molar-refractivity contribution in [3.63, 3.8) is 0 Å². The fourth-order valence-electron chi connectivity index (χ4n) is 1.21. The quantitative estimate of drug-likeness (QED) is 0.594. The van der Waals surface area contributed by atoms with Gasteiger partial charge in [0.25, 0.3) is 0 Å². The van der Waals surface area contributed by atoms with Gasteiger partial charge in [0.2, 0.25) is 0 Å². The molecule has 0 bridgehead atoms. The highest BCUT2D eigenvalue weighted by Crippen LogP contribution is 2.27. The molecule has 2 N–H and O–H groups in total. The molecule has 0 unspecified atom stereocenters. The molecule has 0 aliphatic heterocycles. The highest BCUT2D eigenvalue weighted by Gasteiger charge is 1.99. The van der Waals surface area contributed by atoms with Crippen molar-refractivity contribution in [1.82, 2.24) is 0 Å². The third kappa shape index (κ3) is 0.906. The molecule has 0 aliphatic carbocycles. The summed E-state index contributed by atoms with van der Waals surface area (Å²) in [6.07, 6.45) is 0. The lowest BCUT2D eigenvalue weighted by Crippen LogP contribution is -1.87. The number of anilines is 1. The molecule has 0 aliphatic rings. The predicted octanol–water partition coefficient (Wildman–Crippen LogP) is 2.79. The predicted molar refractivity (Wildman–Crippen MR) is 51.0 cm³/mol. The van der Waals surface area contributed by atoms with Crippen LogP contribution in [0.25, 0.3) is 10.1 Å². The van der Waals surface area contributed by atoms with Crippen LogP contribution in [0.4, 0.5) is 5.69 Å². The Bertz CT molecular complexity index is 389. The fourth-order valence-corrected chi connectivity index (χ4v) is 2.05. The molecule has 0 saturated carbocycles. The van der Waals surface area contributed by atoms with Crippen LogP contribution in [0.3, 0.4) is 0 Å². The Labute approximate surface area is 69.5 Å². The van der Waals surface area contributed by atoms with E-state index in [9.17, 15) is 0 Å². The van der Waals surface area contributed by atoms with Gasteiger partial charge in [0.1, 0.15) is 0 Å². The van der Waals surface area contributed by atoms with Crippen LogP contribution in [-0.4, -0.2) is 0 Å². The third-order valence-electron chi connectivity index (χ3n) is 1.95. The molecule has 1 aromatic carbocycles. The SMILES string of the molecule is Cc1c(N)ccc2sccc12. The number of nitrogen functional groups attached to an aromatic ring is 1. The summed E-state index contributed by atoms with van der Waals surface area (Å²) in [7, 11) is 0. The van der Waals surface area contributed by atoms with E-state index in [1.807, 2.05) is 6.07 Å². The lowest BCUT2D eigenvalue weighted by molar-refractivity contribution is 1.54. The molecule has 0 radical (unpaired) electrons. The maximum atomic E-state index is 5.75. The molecule has 0 spiro atoms. The number of hydrogen-bond acceptors (Lipinski definition) is 2. The summed E-state index contributed by atoms with van der Waals surface area (Å²) in [5.74, 6) is 0. The molecule has 0 saturated heterocycles. The lowest BCUT2D eigenvalue weighted by atomic mass is 10.1. The Kier molecular flexibility index (Phi) is 1.36. The zero-order chi connectivity index (χ0) is 7.84. The highest BCUT2D eigenvalue weighted by atomic mass is 32.1. The fraction of sp³-hybridized carbons (Fsp3) is 0.111. The Balaban J connectivity index is 2.93. The van der Waals surface area contributed by atoms with Crippen molar-refractivity contribution in [2.45, 2.75) is 6.92 Å². The minimum Gasteiger partial charge on any atom is -0.398 e. The molecule has 1 nitrogen and oxygen atoms in total. The summed E-state index contributed by atoms with van der Waals surface area (Å²) >= 11 is 1.75. The van der Waals surface area contributed by atoms with Crippen molar-refractivity contribution in [2.24, 2.45) is 0 Å². The van der Waals surface area contributed by atoms with Crippen molar-refractivity contribution in [2.75, 3.05) is 5.73 Å². The third-order valence-corrected chi connectivity index (χ3v) is 2.83. The van der Waals surface area contributed by atoms with Gasteiger partial charge in [-0.05, 0) is 41.5 Å². The van der Waals surface area contributed by atoms with Gasteiger partial charge in [-0.1, -0.05) is 0 Å². The molecule has 56 valence electrons. The zero-order valence-corrected chi connectivity index (χ0v) is 7.11. The van der Waals surface area contributed by atoms with Gasteiger partial charge in [-0.25, -0.2) is 0 Å². The first-order valence-electron chi connectivity index (χ1n) is 3.51. The van der Waals surface area contributed by atoms with E-state index in [0.717, 1.165) is 5.69 Å². The summed E-state index contributed by atoms with van der Waals surface area (Å²) < 4.78 is 1.32. The number of hydrogen-bond donors (Lipinski definition) is 1. The Morgan fingerprint density at radius 2 is 2.09 bits per heavy atom. The summed E-state index contributed by atoms with van der Waals surface area (Å²) in [4.78, 5) is 0. The smallest absolute Gasteiger partial charge is 0.0350 e. The molecule has 2 rings (SSSR count). The molecule has 1 heterocycles. The monoisotopic (exact) mass is 163 g/mol. The van der Waals surface area contributed by atoms with Crippen molar-refractivity contribution < 1.29 is 0 Å². The van der Waals surface area contributed by atoms with Crippen LogP contribution in [0.15, 0.2) is 23.6 Å². The number of nitrogens with two attached hydrogens (primary N) is 1. The minimum atomic E-state index is 0.885. The van der Waals surface area contributed by atoms with Crippen molar-refractivity contribution in [3.8, 4) is 0 Å². The van der Waals surface area contributed by atoms with Crippen LogP contribution < -0.4 is 5.73 Å². The van der Waals surface area contributed by atoms with Gasteiger partial charge in [0.15, 0.2) is 0 Å². The van der Waals surface area contributed by atoms with Gasteiger partial charge in [0, 0.05) is 10.4 Å². The van der Waals surface area contributed by atoms with Gasteiger partial charge < -0.3 is 5.73 Å². The van der Waals surface area contributed by atoms with Crippen LogP contribution in [0.5, 0.6) is 0 Å². The van der Waals surface area contributed by atoms with E-state index in [-0.39, 0.29) is 0 Å². The largest absolute Gasteiger partial charge is 0.398 e. The topological polar surface area (TPSA) is 26.0 Å². The first kappa shape index (κ1) is 6.68. The molecule has 2 aromatic rings. The summed E-state index contributed by atoms with van der Waals surface area (Å²) in [6, 6.07) is 6.15. The lowest BCUT2D eigenvalue weighted by Gasteiger charge is -1.99. The average Bonchev–Trinajstić information content (AvgIpc) is 2.45. The normalized spacial score (nSPS) is 10.6. The summed E-state index contributed by atoms with van der Waals surface area (Å²) in [5.41, 5.74) is 7.83. The summed E-state index contributed by atoms with van der Waals surface area (Å²) in [6.45, 7) is 2.06. The van der Waals surface area contributed by atoms with E-state index < -0.39 is 0 Å². The maximum Gasteiger partial charge on any atom is 0.0350 e. The molecule has 0 fully saturated rings. The Morgan fingerprint density at radius 3 is 2.91 bits per heavy atom. The van der Waals surface area contributed by atoms with Gasteiger partial charge in [-0.15, -0.1) is 11.3 Å². The zero-order valence-electron chi connectivity index (χ0n) is 6.29. The Hall–Kier alpha value is -1.02. The second kappa shape index (κ2) is 2.24. The van der Waals surface area contributed by atoms with Gasteiger partial charge in [-0.2, -0.15) is 0 Å². The standard InChI is InChI=1S/C9H9NS/c1-6-7-4-5-11-9(7)3-2-8(6)10/h2-5H,10H2,1H3. The van der Waals surface area contributed by atoms with Crippen molar-refractivity contribution in [1.29, 1.82) is 0 Å². The van der Waals surface area contributed by atoms with Crippen LogP contribution in [0.1, 0.15) is 5.56 Å². The van der Waals surface area contributed by atoms with Gasteiger partial charge in [0.05, 0.1) is 0 Å². The first-order valence-corrected chi connectivity index (χ1v) is 4.39. The van der Waals surface area contributed by atoms with Gasteiger partial charge in [-0.3, -0.25) is 0 Å². The second-order valence-corrected chi connectivity index (χ2v) is 3.56. The molecular formula is C9H9NS. The molecule has 0 amide bonds. The van der Waals surface area contributed by atoms with Crippen molar-refractivity contribution >= 4 is 27.1 Å². The maximum absolute atomic E-state index is 5.75. The average molecular weight is 163 g/mol. The Morgan fingerprint density at radius 1 is 1.27 bits per heavy atom. The molecule has 1 aromatic heterocycles. The molecular weight excluding hydrogens is 154 g/mol. The second-order valence-electron chi connectivity index (χ2n) is 2.61. The van der Waals surface area contributed by atoms with Crippen LogP contribution in [0.2, 0.25) is 0 Å². The van der Waals surface area contributed by atoms with E-state index in [4.69, 9.17) is 5.73 Å². The van der Waals surface area contributed by atoms with Crippen LogP contribution in [-0.2, 0) is 0 Å². The van der Waals surface area contributed by atoms with Gasteiger partial charge >= 0.3 is 0 Å². The number of thiophene rings is 1. The number of benzene rings is 1. The number of fused-ring (bicyclic) bond motifs is 1. The highest BCUT2D eigenvalue weighted by molar-refractivity contribution is 7.17. The number of aryl methyl sites for hydroxylation is 1. The van der Waals surface area contributed by atoms with Crippen molar-refractivity contribution in [3.05, 3.63) is 29.1 Å². The van der Waals surface area contributed by atoms with E-state index >= 15 is 0 Å².